The number of benzene rings is 2. The molecule has 1 aliphatic rings. The molecule has 0 saturated heterocycles. The molecule has 0 saturated carbocycles. The molecule has 2 aromatic carbocycles. The van der Waals surface area contributed by atoms with E-state index in [1.807, 2.05) is 67.6 Å². The third-order valence-electron chi connectivity index (χ3n) is 3.90. The Hall–Kier alpha value is -1.79. The van der Waals surface area contributed by atoms with Gasteiger partial charge >= 0.3 is 0 Å². The fourth-order valence-corrected chi connectivity index (χ4v) is 5.93. The van der Waals surface area contributed by atoms with Crippen molar-refractivity contribution in [2.45, 2.75) is 19.8 Å². The zero-order valence-corrected chi connectivity index (χ0v) is 13.1. The average Bonchev–Trinajstić information content (AvgIpc) is 2.56. The summed E-state index contributed by atoms with van der Waals surface area (Å²) >= 11 is 0. The largest absolute Gasteiger partial charge is 0.498 e. The van der Waals surface area contributed by atoms with Gasteiger partial charge in [-0.25, -0.2) is 0 Å². The van der Waals surface area contributed by atoms with Gasteiger partial charge in [-0.3, -0.25) is 0 Å². The summed E-state index contributed by atoms with van der Waals surface area (Å²) in [5.41, 5.74) is 0. The van der Waals surface area contributed by atoms with E-state index in [0.29, 0.717) is 0 Å². The molecule has 21 heavy (non-hydrogen) atoms. The monoisotopic (exact) mass is 298 g/mol. The maximum atomic E-state index is 14.0. The minimum atomic E-state index is -2.80. The third kappa shape index (κ3) is 2.56. The highest BCUT2D eigenvalue weighted by Crippen LogP contribution is 2.55. The van der Waals surface area contributed by atoms with Crippen LogP contribution in [0.1, 0.15) is 19.8 Å². The van der Waals surface area contributed by atoms with Crippen LogP contribution in [0.4, 0.5) is 0 Å². The van der Waals surface area contributed by atoms with Gasteiger partial charge in [0.2, 0.25) is 0 Å². The van der Waals surface area contributed by atoms with Gasteiger partial charge in [-0.05, 0) is 19.8 Å². The van der Waals surface area contributed by atoms with Crippen molar-refractivity contribution < 1.29 is 9.30 Å². The first-order valence-electron chi connectivity index (χ1n) is 7.27. The summed E-state index contributed by atoms with van der Waals surface area (Å²) in [7, 11) is -2.80. The van der Waals surface area contributed by atoms with Gasteiger partial charge < -0.3 is 9.30 Å². The van der Waals surface area contributed by atoms with Crippen LogP contribution < -0.4 is 10.6 Å². The lowest BCUT2D eigenvalue weighted by Crippen LogP contribution is -2.20. The Bertz CT molecular complexity index is 646. The van der Waals surface area contributed by atoms with Gasteiger partial charge in [0.05, 0.1) is 6.61 Å². The summed E-state index contributed by atoms with van der Waals surface area (Å²) < 4.78 is 19.7. The maximum Gasteiger partial charge on any atom is 0.170 e. The van der Waals surface area contributed by atoms with Crippen molar-refractivity contribution in [1.82, 2.24) is 0 Å². The molecule has 0 aliphatic carbocycles. The Labute approximate surface area is 125 Å². The smallest absolute Gasteiger partial charge is 0.170 e. The molecule has 0 unspecified atom stereocenters. The van der Waals surface area contributed by atoms with Crippen molar-refractivity contribution in [2.24, 2.45) is 0 Å². The minimum Gasteiger partial charge on any atom is -0.498 e. The molecule has 108 valence electrons. The van der Waals surface area contributed by atoms with E-state index in [4.69, 9.17) is 4.74 Å². The molecule has 2 nitrogen and oxygen atoms in total. The zero-order chi connectivity index (χ0) is 14.7. The lowest BCUT2D eigenvalue weighted by molar-refractivity contribution is 0.193. The summed E-state index contributed by atoms with van der Waals surface area (Å²) in [4.78, 5) is 0. The molecule has 0 spiro atoms. The molecule has 3 heteroatoms. The molecule has 0 radical (unpaired) electrons. The van der Waals surface area contributed by atoms with Gasteiger partial charge in [0, 0.05) is 15.9 Å². The van der Waals surface area contributed by atoms with Gasteiger partial charge in [-0.15, -0.1) is 0 Å². The van der Waals surface area contributed by atoms with Gasteiger partial charge in [-0.1, -0.05) is 60.7 Å². The number of allylic oxidation sites excluding steroid dienone is 2. The van der Waals surface area contributed by atoms with Crippen molar-refractivity contribution in [3.63, 3.8) is 0 Å². The van der Waals surface area contributed by atoms with E-state index in [1.54, 1.807) is 0 Å². The predicted octanol–water partition coefficient (Wildman–Crippen LogP) is 4.04. The molecule has 0 atom stereocenters. The highest BCUT2D eigenvalue weighted by atomic mass is 31.2. The van der Waals surface area contributed by atoms with E-state index in [1.165, 1.54) is 0 Å². The summed E-state index contributed by atoms with van der Waals surface area (Å²) in [5.74, 6) is 0.831. The van der Waals surface area contributed by atoms with Crippen LogP contribution in [0.15, 0.2) is 71.7 Å². The van der Waals surface area contributed by atoms with Crippen LogP contribution in [0.5, 0.6) is 0 Å². The molecule has 2 aromatic rings. The third-order valence-corrected chi connectivity index (χ3v) is 7.25. The van der Waals surface area contributed by atoms with Crippen LogP contribution in [0, 0.1) is 0 Å². The van der Waals surface area contributed by atoms with E-state index in [-0.39, 0.29) is 0 Å². The Morgan fingerprint density at radius 3 is 1.90 bits per heavy atom. The van der Waals surface area contributed by atoms with Crippen LogP contribution >= 0.6 is 7.14 Å². The molecule has 3 rings (SSSR count). The highest BCUT2D eigenvalue weighted by molar-refractivity contribution is 7.82. The number of hydrogen-bond acceptors (Lipinski definition) is 2. The predicted molar refractivity (Wildman–Crippen MR) is 87.6 cm³/mol. The van der Waals surface area contributed by atoms with Crippen molar-refractivity contribution in [2.75, 3.05) is 6.61 Å². The summed E-state index contributed by atoms with van der Waals surface area (Å²) in [6.45, 7) is 2.66. The van der Waals surface area contributed by atoms with Crippen LogP contribution in [0.3, 0.4) is 0 Å². The molecule has 0 fully saturated rings. The fraction of sp³-hybridized carbons (Fsp3) is 0.222. The van der Waals surface area contributed by atoms with Gasteiger partial charge in [0.15, 0.2) is 7.14 Å². The molecular formula is C18H19O2P. The second-order valence-electron chi connectivity index (χ2n) is 5.24. The SMILES string of the molecule is CC1=C(P(=O)(c2ccccc2)c2ccccc2)CCCO1. The van der Waals surface area contributed by atoms with Gasteiger partial charge in [-0.2, -0.15) is 0 Å². The molecule has 0 amide bonds. The fourth-order valence-electron chi connectivity index (χ4n) is 2.84. The molecule has 0 N–H and O–H groups in total. The molecule has 0 bridgehead atoms. The summed E-state index contributed by atoms with van der Waals surface area (Å²) in [6.07, 6.45) is 1.77. The van der Waals surface area contributed by atoms with E-state index in [9.17, 15) is 4.57 Å². The van der Waals surface area contributed by atoms with E-state index >= 15 is 0 Å². The van der Waals surface area contributed by atoms with Gasteiger partial charge in [0.1, 0.15) is 5.76 Å². The van der Waals surface area contributed by atoms with E-state index < -0.39 is 7.14 Å². The van der Waals surface area contributed by atoms with Crippen molar-refractivity contribution in [1.29, 1.82) is 0 Å². The molecule has 1 aliphatic heterocycles. The second-order valence-corrected chi connectivity index (χ2v) is 8.03. The van der Waals surface area contributed by atoms with Crippen LogP contribution in [0.25, 0.3) is 0 Å². The Kier molecular flexibility index (Phi) is 3.98. The van der Waals surface area contributed by atoms with Crippen molar-refractivity contribution in [3.05, 3.63) is 71.7 Å². The number of ether oxygens (including phenoxy) is 1. The summed E-state index contributed by atoms with van der Waals surface area (Å²) in [6, 6.07) is 19.6. The van der Waals surface area contributed by atoms with E-state index in [2.05, 4.69) is 0 Å². The molecular weight excluding hydrogens is 279 g/mol. The van der Waals surface area contributed by atoms with E-state index in [0.717, 1.165) is 41.1 Å². The van der Waals surface area contributed by atoms with Gasteiger partial charge in [0.25, 0.3) is 0 Å². The summed E-state index contributed by atoms with van der Waals surface area (Å²) in [5, 5.41) is 2.73. The van der Waals surface area contributed by atoms with Crippen LogP contribution in [-0.4, -0.2) is 6.61 Å². The Balaban J connectivity index is 2.24. The normalized spacial score (nSPS) is 15.7. The Morgan fingerprint density at radius 2 is 1.43 bits per heavy atom. The highest BCUT2D eigenvalue weighted by Gasteiger charge is 2.34. The standard InChI is InChI=1S/C18H19O2P/c1-15-18(13-8-14-20-15)21(19,16-9-4-2-5-10-16)17-11-6-3-7-12-17/h2-7,9-12H,8,13-14H2,1H3. The first kappa shape index (κ1) is 14.2. The number of rotatable bonds is 3. The van der Waals surface area contributed by atoms with Crippen molar-refractivity contribution >= 4 is 17.8 Å². The average molecular weight is 298 g/mol. The molecule has 1 heterocycles. The topological polar surface area (TPSA) is 26.3 Å². The number of hydrogen-bond donors (Lipinski definition) is 0. The lowest BCUT2D eigenvalue weighted by Gasteiger charge is -2.27. The Morgan fingerprint density at radius 1 is 0.905 bits per heavy atom. The second kappa shape index (κ2) is 5.91. The quantitative estimate of drug-likeness (QED) is 0.799. The van der Waals surface area contributed by atoms with Crippen molar-refractivity contribution in [3.8, 4) is 0 Å². The lowest BCUT2D eigenvalue weighted by atomic mass is 10.2. The maximum absolute atomic E-state index is 14.0. The molecule has 0 aromatic heterocycles. The van der Waals surface area contributed by atoms with Crippen LogP contribution in [-0.2, 0) is 9.30 Å². The minimum absolute atomic E-state index is 0.721. The van der Waals surface area contributed by atoms with Crippen LogP contribution in [0.2, 0.25) is 0 Å². The zero-order valence-electron chi connectivity index (χ0n) is 12.2. The first-order valence-corrected chi connectivity index (χ1v) is 8.98. The first-order chi connectivity index (χ1) is 10.2.